The Morgan fingerprint density at radius 3 is 2.71 bits per heavy atom. The number of aryl methyl sites for hydroxylation is 2. The van der Waals surface area contributed by atoms with E-state index in [0.717, 1.165) is 54.3 Å². The molecule has 0 atom stereocenters. The van der Waals surface area contributed by atoms with Crippen LogP contribution < -0.4 is 10.9 Å². The summed E-state index contributed by atoms with van der Waals surface area (Å²) in [5, 5.41) is 13.4. The molecular formula is C19H15F3N2O3S. The van der Waals surface area contributed by atoms with Crippen molar-refractivity contribution in [2.45, 2.75) is 31.9 Å². The molecule has 28 heavy (non-hydrogen) atoms. The minimum atomic E-state index is -4.56. The normalized spacial score (nSPS) is 14.1. The molecule has 1 aliphatic carbocycles. The quantitative estimate of drug-likeness (QED) is 0.586. The summed E-state index contributed by atoms with van der Waals surface area (Å²) in [6.07, 6.45) is -1.00. The number of benzene rings is 1. The number of amides is 1. The minimum absolute atomic E-state index is 0.119. The number of carbonyl (C=O) groups excluding carboxylic acids is 1. The summed E-state index contributed by atoms with van der Waals surface area (Å²) in [6.45, 7) is 0. The molecule has 2 heterocycles. The lowest BCUT2D eigenvalue weighted by molar-refractivity contribution is -0.137. The van der Waals surface area contributed by atoms with E-state index < -0.39 is 34.5 Å². The standard InChI is InChI=1S/C19H15F3N2O3S/c20-19(21,22)9-4-3-5-10(8-9)23-16(26)14-15(25)13-11-6-1-2-7-12(11)28-18(13)24-17(14)27/h3-5,8H,1-2,6-7H2,(H,23,26)(H2,24,25,27). The number of halogens is 3. The number of nitrogens with one attached hydrogen (secondary N) is 2. The van der Waals surface area contributed by atoms with E-state index in [1.165, 1.54) is 17.4 Å². The summed E-state index contributed by atoms with van der Waals surface area (Å²) in [7, 11) is 0. The third kappa shape index (κ3) is 3.15. The van der Waals surface area contributed by atoms with Crippen LogP contribution in [0.15, 0.2) is 29.1 Å². The van der Waals surface area contributed by atoms with Crippen LogP contribution in [0.4, 0.5) is 18.9 Å². The molecule has 3 N–H and O–H groups in total. The molecule has 3 aromatic rings. The number of aromatic nitrogens is 1. The number of anilines is 1. The first-order chi connectivity index (χ1) is 13.3. The molecule has 0 unspecified atom stereocenters. The van der Waals surface area contributed by atoms with Gasteiger partial charge in [-0.15, -0.1) is 11.3 Å². The second kappa shape index (κ2) is 6.66. The highest BCUT2D eigenvalue weighted by atomic mass is 32.1. The van der Waals surface area contributed by atoms with Crippen molar-refractivity contribution in [1.82, 2.24) is 4.98 Å². The van der Waals surface area contributed by atoms with E-state index >= 15 is 0 Å². The summed E-state index contributed by atoms with van der Waals surface area (Å²) in [4.78, 5) is 29.2. The van der Waals surface area contributed by atoms with Crippen LogP contribution in [0.25, 0.3) is 10.2 Å². The summed E-state index contributed by atoms with van der Waals surface area (Å²) < 4.78 is 38.5. The van der Waals surface area contributed by atoms with Crippen LogP contribution in [0.2, 0.25) is 0 Å². The van der Waals surface area contributed by atoms with E-state index in [9.17, 15) is 27.9 Å². The van der Waals surface area contributed by atoms with E-state index in [-0.39, 0.29) is 5.69 Å². The lowest BCUT2D eigenvalue weighted by atomic mass is 9.96. The van der Waals surface area contributed by atoms with Crippen LogP contribution in [0, 0.1) is 0 Å². The summed E-state index contributed by atoms with van der Waals surface area (Å²) in [5.41, 5.74) is -1.41. The fraction of sp³-hybridized carbons (Fsp3) is 0.263. The highest BCUT2D eigenvalue weighted by Crippen LogP contribution is 2.40. The van der Waals surface area contributed by atoms with Crippen LogP contribution >= 0.6 is 11.3 Å². The number of aromatic amines is 1. The molecule has 1 aromatic carbocycles. The Balaban J connectivity index is 1.75. The molecule has 0 saturated heterocycles. The van der Waals surface area contributed by atoms with E-state index in [4.69, 9.17) is 0 Å². The number of aromatic hydroxyl groups is 1. The Kier molecular flexibility index (Phi) is 4.41. The predicted octanol–water partition coefficient (Wildman–Crippen LogP) is 4.45. The van der Waals surface area contributed by atoms with E-state index in [1.54, 1.807) is 0 Å². The van der Waals surface area contributed by atoms with Crippen LogP contribution in [-0.4, -0.2) is 16.0 Å². The van der Waals surface area contributed by atoms with Gasteiger partial charge in [0.2, 0.25) is 0 Å². The van der Waals surface area contributed by atoms with Gasteiger partial charge in [-0.25, -0.2) is 0 Å². The molecular weight excluding hydrogens is 393 g/mol. The molecule has 0 saturated carbocycles. The first-order valence-electron chi connectivity index (χ1n) is 8.64. The number of rotatable bonds is 2. The predicted molar refractivity (Wildman–Crippen MR) is 100 cm³/mol. The highest BCUT2D eigenvalue weighted by Gasteiger charge is 2.31. The van der Waals surface area contributed by atoms with Gasteiger partial charge in [-0.3, -0.25) is 9.59 Å². The Hall–Kier alpha value is -2.81. The smallest absolute Gasteiger partial charge is 0.416 e. The third-order valence-electron chi connectivity index (χ3n) is 4.77. The van der Waals surface area contributed by atoms with Gasteiger partial charge in [-0.2, -0.15) is 13.2 Å². The van der Waals surface area contributed by atoms with Crippen LogP contribution in [-0.2, 0) is 19.0 Å². The Bertz CT molecular complexity index is 1150. The molecule has 0 spiro atoms. The van der Waals surface area contributed by atoms with Crippen molar-refractivity contribution in [3.05, 3.63) is 56.2 Å². The second-order valence-corrected chi connectivity index (χ2v) is 7.73. The van der Waals surface area contributed by atoms with Crippen molar-refractivity contribution in [3.8, 4) is 5.75 Å². The van der Waals surface area contributed by atoms with Gasteiger partial charge in [0.15, 0.2) is 0 Å². The number of thiophene rings is 1. The van der Waals surface area contributed by atoms with Crippen molar-refractivity contribution < 1.29 is 23.1 Å². The molecule has 0 aliphatic heterocycles. The zero-order chi connectivity index (χ0) is 20.1. The van der Waals surface area contributed by atoms with Gasteiger partial charge in [-0.1, -0.05) is 6.07 Å². The number of hydrogen-bond acceptors (Lipinski definition) is 4. The summed E-state index contributed by atoms with van der Waals surface area (Å²) in [5.74, 6) is -1.39. The number of alkyl halides is 3. The zero-order valence-corrected chi connectivity index (χ0v) is 15.3. The van der Waals surface area contributed by atoms with Crippen LogP contribution in [0.3, 0.4) is 0 Å². The largest absolute Gasteiger partial charge is 0.506 e. The summed E-state index contributed by atoms with van der Waals surface area (Å²) >= 11 is 1.38. The molecule has 2 aromatic heterocycles. The maximum Gasteiger partial charge on any atom is 0.416 e. The molecule has 1 amide bonds. The fourth-order valence-electron chi connectivity index (χ4n) is 3.48. The number of hydrogen-bond donors (Lipinski definition) is 3. The molecule has 146 valence electrons. The van der Waals surface area contributed by atoms with Crippen molar-refractivity contribution in [1.29, 1.82) is 0 Å². The zero-order valence-electron chi connectivity index (χ0n) is 14.4. The number of H-pyrrole nitrogens is 1. The average Bonchev–Trinajstić information content (AvgIpc) is 2.99. The molecule has 0 bridgehead atoms. The van der Waals surface area contributed by atoms with Gasteiger partial charge in [0.05, 0.1) is 10.9 Å². The molecule has 0 fully saturated rings. The molecule has 5 nitrogen and oxygen atoms in total. The van der Waals surface area contributed by atoms with Gasteiger partial charge < -0.3 is 15.4 Å². The van der Waals surface area contributed by atoms with Gasteiger partial charge in [0, 0.05) is 10.6 Å². The van der Waals surface area contributed by atoms with E-state index in [2.05, 4.69) is 10.3 Å². The van der Waals surface area contributed by atoms with Gasteiger partial charge in [0.25, 0.3) is 11.5 Å². The number of carbonyl (C=O) groups is 1. The van der Waals surface area contributed by atoms with Gasteiger partial charge in [-0.05, 0) is 49.4 Å². The van der Waals surface area contributed by atoms with Crippen molar-refractivity contribution in [2.75, 3.05) is 5.32 Å². The molecule has 4 rings (SSSR count). The molecule has 1 aliphatic rings. The maximum atomic E-state index is 12.8. The van der Waals surface area contributed by atoms with Gasteiger partial charge >= 0.3 is 6.18 Å². The lowest BCUT2D eigenvalue weighted by Crippen LogP contribution is -2.23. The monoisotopic (exact) mass is 408 g/mol. The van der Waals surface area contributed by atoms with E-state index in [1.807, 2.05) is 0 Å². The Morgan fingerprint density at radius 1 is 1.21 bits per heavy atom. The topological polar surface area (TPSA) is 82.2 Å². The second-order valence-electron chi connectivity index (χ2n) is 6.63. The fourth-order valence-corrected chi connectivity index (χ4v) is 4.77. The van der Waals surface area contributed by atoms with Crippen molar-refractivity contribution in [3.63, 3.8) is 0 Å². The van der Waals surface area contributed by atoms with Crippen LogP contribution in [0.1, 0.15) is 39.2 Å². The average molecular weight is 408 g/mol. The molecule has 9 heteroatoms. The number of pyridine rings is 1. The SMILES string of the molecule is O=C(Nc1cccc(C(F)(F)F)c1)c1c(O)c2c3c(sc2[nH]c1=O)CCCC3. The van der Waals surface area contributed by atoms with Crippen LogP contribution in [0.5, 0.6) is 5.75 Å². The van der Waals surface area contributed by atoms with Gasteiger partial charge in [0.1, 0.15) is 16.1 Å². The van der Waals surface area contributed by atoms with Crippen molar-refractivity contribution in [2.24, 2.45) is 0 Å². The minimum Gasteiger partial charge on any atom is -0.506 e. The highest BCUT2D eigenvalue weighted by molar-refractivity contribution is 7.18. The Morgan fingerprint density at radius 2 is 1.96 bits per heavy atom. The lowest BCUT2D eigenvalue weighted by Gasteiger charge is -2.12. The first kappa shape index (κ1) is 18.5. The van der Waals surface area contributed by atoms with E-state index in [0.29, 0.717) is 10.2 Å². The Labute approximate surface area is 160 Å². The third-order valence-corrected chi connectivity index (χ3v) is 5.98. The first-order valence-corrected chi connectivity index (χ1v) is 9.45. The maximum absolute atomic E-state index is 12.8. The molecule has 0 radical (unpaired) electrons. The summed E-state index contributed by atoms with van der Waals surface area (Å²) in [6, 6.07) is 4.09. The number of fused-ring (bicyclic) bond motifs is 3. The van der Waals surface area contributed by atoms with Crippen molar-refractivity contribution >= 4 is 33.1 Å².